The standard InChI is InChI=1S/C16H24N2O3/c1-12-7-6-9-17-15(12)18(3)16(19)13(2)21-11-14-8-4-5-10-20-14/h6-7,9,13-14H,4-5,8,10-11H2,1-3H3. The fourth-order valence-electron chi connectivity index (χ4n) is 2.47. The molecule has 5 heteroatoms. The van der Waals surface area contributed by atoms with E-state index in [-0.39, 0.29) is 12.0 Å². The van der Waals surface area contributed by atoms with Crippen LogP contribution in [0.2, 0.25) is 0 Å². The van der Waals surface area contributed by atoms with E-state index in [0.29, 0.717) is 12.4 Å². The fourth-order valence-corrected chi connectivity index (χ4v) is 2.47. The third-order valence-corrected chi connectivity index (χ3v) is 3.78. The summed E-state index contributed by atoms with van der Waals surface area (Å²) in [4.78, 5) is 18.2. The molecule has 0 aromatic carbocycles. The summed E-state index contributed by atoms with van der Waals surface area (Å²) >= 11 is 0. The van der Waals surface area contributed by atoms with E-state index < -0.39 is 6.10 Å². The zero-order valence-corrected chi connectivity index (χ0v) is 13.0. The maximum atomic E-state index is 12.4. The van der Waals surface area contributed by atoms with Crippen molar-refractivity contribution in [3.8, 4) is 0 Å². The number of likely N-dealkylation sites (N-methyl/N-ethyl adjacent to an activating group) is 1. The highest BCUT2D eigenvalue weighted by Gasteiger charge is 2.23. The number of amides is 1. The number of aromatic nitrogens is 1. The van der Waals surface area contributed by atoms with Crippen LogP contribution in [0.1, 0.15) is 31.7 Å². The van der Waals surface area contributed by atoms with E-state index >= 15 is 0 Å². The lowest BCUT2D eigenvalue weighted by Crippen LogP contribution is -2.39. The van der Waals surface area contributed by atoms with E-state index in [1.54, 1.807) is 25.1 Å². The number of anilines is 1. The van der Waals surface area contributed by atoms with Gasteiger partial charge in [-0.3, -0.25) is 9.69 Å². The molecule has 0 radical (unpaired) electrons. The Kier molecular flexibility index (Phi) is 5.70. The summed E-state index contributed by atoms with van der Waals surface area (Å²) in [6.07, 6.45) is 4.61. The van der Waals surface area contributed by atoms with Gasteiger partial charge in [0.1, 0.15) is 11.9 Å². The lowest BCUT2D eigenvalue weighted by Gasteiger charge is -2.26. The number of rotatable bonds is 5. The van der Waals surface area contributed by atoms with Crippen LogP contribution < -0.4 is 4.90 Å². The molecule has 2 rings (SSSR count). The minimum Gasteiger partial charge on any atom is -0.376 e. The van der Waals surface area contributed by atoms with E-state index in [0.717, 1.165) is 25.0 Å². The summed E-state index contributed by atoms with van der Waals surface area (Å²) in [5.41, 5.74) is 0.969. The lowest BCUT2D eigenvalue weighted by atomic mass is 10.1. The molecule has 0 saturated carbocycles. The van der Waals surface area contributed by atoms with Gasteiger partial charge in [0.05, 0.1) is 12.7 Å². The van der Waals surface area contributed by atoms with Crippen molar-refractivity contribution < 1.29 is 14.3 Å². The molecule has 1 aromatic rings. The van der Waals surface area contributed by atoms with Gasteiger partial charge in [-0.15, -0.1) is 0 Å². The highest BCUT2D eigenvalue weighted by atomic mass is 16.5. The minimum atomic E-state index is -0.498. The van der Waals surface area contributed by atoms with Gasteiger partial charge in [-0.1, -0.05) is 6.07 Å². The molecule has 1 aromatic heterocycles. The number of ether oxygens (including phenoxy) is 2. The van der Waals surface area contributed by atoms with E-state index in [2.05, 4.69) is 4.98 Å². The van der Waals surface area contributed by atoms with Crippen LogP contribution >= 0.6 is 0 Å². The van der Waals surface area contributed by atoms with Gasteiger partial charge in [0, 0.05) is 19.9 Å². The molecule has 2 unspecified atom stereocenters. The van der Waals surface area contributed by atoms with Gasteiger partial charge in [0.2, 0.25) is 0 Å². The largest absolute Gasteiger partial charge is 0.376 e. The molecule has 1 amide bonds. The quantitative estimate of drug-likeness (QED) is 0.836. The van der Waals surface area contributed by atoms with E-state index in [9.17, 15) is 4.79 Å². The molecule has 0 aliphatic carbocycles. The van der Waals surface area contributed by atoms with Crippen LogP contribution in [0.5, 0.6) is 0 Å². The molecule has 0 spiro atoms. The van der Waals surface area contributed by atoms with Crippen molar-refractivity contribution in [2.24, 2.45) is 0 Å². The number of aryl methyl sites for hydroxylation is 1. The monoisotopic (exact) mass is 292 g/mol. The smallest absolute Gasteiger partial charge is 0.256 e. The number of pyridine rings is 1. The van der Waals surface area contributed by atoms with Crippen LogP contribution in [0.25, 0.3) is 0 Å². The molecule has 116 valence electrons. The zero-order valence-electron chi connectivity index (χ0n) is 13.0. The average molecular weight is 292 g/mol. The molecule has 1 aliphatic heterocycles. The van der Waals surface area contributed by atoms with Crippen LogP contribution in [-0.2, 0) is 14.3 Å². The van der Waals surface area contributed by atoms with Crippen LogP contribution in [0.4, 0.5) is 5.82 Å². The Morgan fingerprint density at radius 2 is 2.38 bits per heavy atom. The highest BCUT2D eigenvalue weighted by Crippen LogP contribution is 2.17. The number of hydrogen-bond acceptors (Lipinski definition) is 4. The predicted octanol–water partition coefficient (Wildman–Crippen LogP) is 2.33. The summed E-state index contributed by atoms with van der Waals surface area (Å²) in [7, 11) is 1.73. The van der Waals surface area contributed by atoms with Crippen molar-refractivity contribution in [2.75, 3.05) is 25.2 Å². The summed E-state index contributed by atoms with van der Waals surface area (Å²) in [5.74, 6) is 0.583. The molecule has 0 N–H and O–H groups in total. The third kappa shape index (κ3) is 4.25. The van der Waals surface area contributed by atoms with Gasteiger partial charge < -0.3 is 9.47 Å². The molecule has 0 bridgehead atoms. The fraction of sp³-hybridized carbons (Fsp3) is 0.625. The molecule has 5 nitrogen and oxygen atoms in total. The molecular formula is C16H24N2O3. The Hall–Kier alpha value is -1.46. The Morgan fingerprint density at radius 3 is 3.05 bits per heavy atom. The topological polar surface area (TPSA) is 51.7 Å². The summed E-state index contributed by atoms with van der Waals surface area (Å²) < 4.78 is 11.3. The predicted molar refractivity (Wildman–Crippen MR) is 81.4 cm³/mol. The van der Waals surface area contributed by atoms with Crippen LogP contribution in [-0.4, -0.2) is 43.4 Å². The number of carbonyl (C=O) groups is 1. The summed E-state index contributed by atoms with van der Waals surface area (Å²) in [6.45, 7) is 4.98. The first-order valence-corrected chi connectivity index (χ1v) is 7.52. The molecular weight excluding hydrogens is 268 g/mol. The second-order valence-corrected chi connectivity index (χ2v) is 5.51. The first-order chi connectivity index (χ1) is 10.1. The van der Waals surface area contributed by atoms with Crippen molar-refractivity contribution in [3.63, 3.8) is 0 Å². The van der Waals surface area contributed by atoms with Gasteiger partial charge in [0.25, 0.3) is 5.91 Å². The van der Waals surface area contributed by atoms with Crippen molar-refractivity contribution in [2.45, 2.75) is 45.3 Å². The first kappa shape index (κ1) is 15.9. The summed E-state index contributed by atoms with van der Waals surface area (Å²) in [5, 5.41) is 0. The van der Waals surface area contributed by atoms with Crippen LogP contribution in [0, 0.1) is 6.92 Å². The Morgan fingerprint density at radius 1 is 1.57 bits per heavy atom. The first-order valence-electron chi connectivity index (χ1n) is 7.52. The normalized spacial score (nSPS) is 20.0. The van der Waals surface area contributed by atoms with Gasteiger partial charge in [-0.25, -0.2) is 4.98 Å². The molecule has 2 heterocycles. The van der Waals surface area contributed by atoms with Crippen LogP contribution in [0.15, 0.2) is 18.3 Å². The number of hydrogen-bond donors (Lipinski definition) is 0. The Balaban J connectivity index is 1.88. The molecule has 1 saturated heterocycles. The van der Waals surface area contributed by atoms with Gasteiger partial charge >= 0.3 is 0 Å². The van der Waals surface area contributed by atoms with Gasteiger partial charge in [0.15, 0.2) is 0 Å². The number of carbonyl (C=O) groups excluding carboxylic acids is 1. The molecule has 1 aliphatic rings. The highest BCUT2D eigenvalue weighted by molar-refractivity contribution is 5.95. The van der Waals surface area contributed by atoms with Crippen LogP contribution in [0.3, 0.4) is 0 Å². The van der Waals surface area contributed by atoms with Crippen molar-refractivity contribution >= 4 is 11.7 Å². The molecule has 1 fully saturated rings. The Labute approximate surface area is 126 Å². The summed E-state index contributed by atoms with van der Waals surface area (Å²) in [6, 6.07) is 3.80. The molecule has 21 heavy (non-hydrogen) atoms. The van der Waals surface area contributed by atoms with Gasteiger partial charge in [-0.05, 0) is 44.7 Å². The average Bonchev–Trinajstić information content (AvgIpc) is 2.52. The van der Waals surface area contributed by atoms with Gasteiger partial charge in [-0.2, -0.15) is 0 Å². The maximum Gasteiger partial charge on any atom is 0.256 e. The van der Waals surface area contributed by atoms with E-state index in [1.807, 2.05) is 19.1 Å². The van der Waals surface area contributed by atoms with Crippen molar-refractivity contribution in [1.82, 2.24) is 4.98 Å². The zero-order chi connectivity index (χ0) is 15.2. The second-order valence-electron chi connectivity index (χ2n) is 5.51. The van der Waals surface area contributed by atoms with E-state index in [4.69, 9.17) is 9.47 Å². The number of nitrogens with zero attached hydrogens (tertiary/aromatic N) is 2. The van der Waals surface area contributed by atoms with E-state index in [1.165, 1.54) is 6.42 Å². The lowest BCUT2D eigenvalue weighted by molar-refractivity contribution is -0.132. The second kappa shape index (κ2) is 7.52. The SMILES string of the molecule is Cc1cccnc1N(C)C(=O)C(C)OCC1CCCCO1. The molecule has 2 atom stereocenters. The van der Waals surface area contributed by atoms with Crippen molar-refractivity contribution in [3.05, 3.63) is 23.9 Å². The Bertz CT molecular complexity index is 472. The minimum absolute atomic E-state index is 0.0902. The van der Waals surface area contributed by atoms with Crippen molar-refractivity contribution in [1.29, 1.82) is 0 Å². The maximum absolute atomic E-state index is 12.4. The third-order valence-electron chi connectivity index (χ3n) is 3.78.